The van der Waals surface area contributed by atoms with Gasteiger partial charge in [0.05, 0.1) is 12.0 Å². The number of rotatable bonds is 6. The molecular weight excluding hydrogens is 393 g/mol. The number of benzene rings is 2. The van der Waals surface area contributed by atoms with Gasteiger partial charge in [-0.3, -0.25) is 4.79 Å². The van der Waals surface area contributed by atoms with E-state index >= 15 is 0 Å². The Morgan fingerprint density at radius 3 is 2.52 bits per heavy atom. The SMILES string of the molecule is Cc1cc([C@H]2CC[C@@H](C(=O)NCC3CC3)CN2C(=O)NCc2ccccc2)ccc1F. The summed E-state index contributed by atoms with van der Waals surface area (Å²) in [6.45, 7) is 3.24. The Kier molecular flexibility index (Phi) is 6.54. The first-order valence-corrected chi connectivity index (χ1v) is 11.1. The molecule has 1 saturated heterocycles. The lowest BCUT2D eigenvalue weighted by molar-refractivity contribution is -0.126. The molecule has 0 radical (unpaired) electrons. The molecule has 2 atom stereocenters. The minimum atomic E-state index is -0.253. The Morgan fingerprint density at radius 2 is 1.81 bits per heavy atom. The smallest absolute Gasteiger partial charge is 0.318 e. The number of carbonyl (C=O) groups is 2. The van der Waals surface area contributed by atoms with Crippen LogP contribution in [0.4, 0.5) is 9.18 Å². The number of halogens is 1. The van der Waals surface area contributed by atoms with Crippen LogP contribution in [0.15, 0.2) is 48.5 Å². The molecule has 1 aliphatic carbocycles. The lowest BCUT2D eigenvalue weighted by Gasteiger charge is -2.39. The number of amides is 3. The zero-order valence-corrected chi connectivity index (χ0v) is 17.9. The van der Waals surface area contributed by atoms with E-state index in [2.05, 4.69) is 10.6 Å². The van der Waals surface area contributed by atoms with E-state index < -0.39 is 0 Å². The number of nitrogens with zero attached hydrogens (tertiary/aromatic N) is 1. The van der Waals surface area contributed by atoms with Crippen molar-refractivity contribution in [3.63, 3.8) is 0 Å². The van der Waals surface area contributed by atoms with Crippen molar-refractivity contribution in [1.82, 2.24) is 15.5 Å². The topological polar surface area (TPSA) is 61.4 Å². The van der Waals surface area contributed by atoms with Crippen molar-refractivity contribution in [2.45, 2.75) is 45.2 Å². The molecule has 3 amide bonds. The number of likely N-dealkylation sites (tertiary alicyclic amines) is 1. The van der Waals surface area contributed by atoms with Gasteiger partial charge in [-0.25, -0.2) is 9.18 Å². The van der Waals surface area contributed by atoms with E-state index in [1.165, 1.54) is 18.9 Å². The number of carbonyl (C=O) groups excluding carboxylic acids is 2. The first kappa shape index (κ1) is 21.3. The Bertz CT molecular complexity index is 930. The molecule has 2 N–H and O–H groups in total. The molecule has 1 heterocycles. The van der Waals surface area contributed by atoms with Crippen LogP contribution in [0.5, 0.6) is 0 Å². The van der Waals surface area contributed by atoms with E-state index in [0.29, 0.717) is 37.4 Å². The van der Waals surface area contributed by atoms with Crippen LogP contribution in [0.3, 0.4) is 0 Å². The lowest BCUT2D eigenvalue weighted by atomic mass is 9.88. The average Bonchev–Trinajstić information content (AvgIpc) is 3.62. The van der Waals surface area contributed by atoms with Crippen LogP contribution in [0.2, 0.25) is 0 Å². The van der Waals surface area contributed by atoms with E-state index in [1.54, 1.807) is 17.9 Å². The van der Waals surface area contributed by atoms with Crippen molar-refractivity contribution in [2.75, 3.05) is 13.1 Å². The highest BCUT2D eigenvalue weighted by Gasteiger charge is 2.36. The van der Waals surface area contributed by atoms with Crippen molar-refractivity contribution >= 4 is 11.9 Å². The highest BCUT2D eigenvalue weighted by molar-refractivity contribution is 5.81. The molecule has 1 aliphatic heterocycles. The number of aryl methyl sites for hydroxylation is 1. The maximum absolute atomic E-state index is 13.8. The van der Waals surface area contributed by atoms with Gasteiger partial charge in [-0.1, -0.05) is 42.5 Å². The van der Waals surface area contributed by atoms with E-state index in [0.717, 1.165) is 17.7 Å². The molecule has 0 unspecified atom stereocenters. The molecule has 164 valence electrons. The summed E-state index contributed by atoms with van der Waals surface area (Å²) in [6, 6.07) is 14.4. The van der Waals surface area contributed by atoms with Crippen molar-refractivity contribution in [2.24, 2.45) is 11.8 Å². The van der Waals surface area contributed by atoms with Gasteiger partial charge in [0.1, 0.15) is 5.82 Å². The monoisotopic (exact) mass is 423 g/mol. The Balaban J connectivity index is 1.48. The molecule has 0 bridgehead atoms. The molecule has 0 aromatic heterocycles. The first-order valence-electron chi connectivity index (χ1n) is 11.1. The van der Waals surface area contributed by atoms with E-state index in [4.69, 9.17) is 0 Å². The van der Waals surface area contributed by atoms with Gasteiger partial charge >= 0.3 is 6.03 Å². The Morgan fingerprint density at radius 1 is 1.03 bits per heavy atom. The maximum Gasteiger partial charge on any atom is 0.318 e. The summed E-state index contributed by atoms with van der Waals surface area (Å²) in [4.78, 5) is 27.6. The van der Waals surface area contributed by atoms with Crippen LogP contribution < -0.4 is 10.6 Å². The van der Waals surface area contributed by atoms with Gasteiger partial charge in [-0.2, -0.15) is 0 Å². The third-order valence-electron chi connectivity index (χ3n) is 6.33. The van der Waals surface area contributed by atoms with Crippen molar-refractivity contribution in [1.29, 1.82) is 0 Å². The molecule has 6 heteroatoms. The second-order valence-corrected chi connectivity index (χ2v) is 8.78. The van der Waals surface area contributed by atoms with E-state index in [-0.39, 0.29) is 29.7 Å². The number of nitrogens with one attached hydrogen (secondary N) is 2. The molecule has 1 saturated carbocycles. The van der Waals surface area contributed by atoms with Gasteiger partial charge in [0.25, 0.3) is 0 Å². The Labute approximate surface area is 183 Å². The van der Waals surface area contributed by atoms with Crippen molar-refractivity contribution in [3.8, 4) is 0 Å². The fourth-order valence-electron chi connectivity index (χ4n) is 4.22. The highest BCUT2D eigenvalue weighted by atomic mass is 19.1. The van der Waals surface area contributed by atoms with Gasteiger partial charge in [-0.15, -0.1) is 0 Å². The van der Waals surface area contributed by atoms with Gasteiger partial charge in [0.15, 0.2) is 0 Å². The number of urea groups is 1. The number of hydrogen-bond acceptors (Lipinski definition) is 2. The maximum atomic E-state index is 13.8. The summed E-state index contributed by atoms with van der Waals surface area (Å²) in [6.07, 6.45) is 3.75. The highest BCUT2D eigenvalue weighted by Crippen LogP contribution is 2.35. The molecule has 4 rings (SSSR count). The predicted octanol–water partition coefficient (Wildman–Crippen LogP) is 4.32. The summed E-state index contributed by atoms with van der Waals surface area (Å²) in [5, 5.41) is 6.05. The molecule has 2 aromatic rings. The first-order chi connectivity index (χ1) is 15.0. The van der Waals surface area contributed by atoms with Gasteiger partial charge in [-0.05, 0) is 61.3 Å². The van der Waals surface area contributed by atoms with Gasteiger partial charge in [0.2, 0.25) is 5.91 Å². The Hall–Kier alpha value is -2.89. The van der Waals surface area contributed by atoms with Crippen molar-refractivity contribution < 1.29 is 14.0 Å². The third-order valence-corrected chi connectivity index (χ3v) is 6.33. The molecule has 31 heavy (non-hydrogen) atoms. The van der Waals surface area contributed by atoms with Crippen LogP contribution in [0.1, 0.15) is 48.4 Å². The van der Waals surface area contributed by atoms with Crippen LogP contribution in [-0.4, -0.2) is 29.9 Å². The standard InChI is InChI=1S/C25H30FN3O2/c1-17-13-20(9-11-22(17)26)23-12-10-21(24(30)27-14-19-7-8-19)16-29(23)25(31)28-15-18-5-3-2-4-6-18/h2-6,9,11,13,19,21,23H,7-8,10,12,14-16H2,1H3,(H,27,30)(H,28,31)/t21-,23-/m1/s1. The second kappa shape index (κ2) is 9.50. The van der Waals surface area contributed by atoms with Gasteiger partial charge in [0, 0.05) is 19.6 Å². The second-order valence-electron chi connectivity index (χ2n) is 8.78. The predicted molar refractivity (Wildman–Crippen MR) is 118 cm³/mol. The van der Waals surface area contributed by atoms with Crippen LogP contribution >= 0.6 is 0 Å². The zero-order chi connectivity index (χ0) is 21.8. The fraction of sp³-hybridized carbons (Fsp3) is 0.440. The third kappa shape index (κ3) is 5.43. The summed E-state index contributed by atoms with van der Waals surface area (Å²) < 4.78 is 13.8. The minimum absolute atomic E-state index is 0.0292. The van der Waals surface area contributed by atoms with E-state index in [1.807, 2.05) is 36.4 Å². The fourth-order valence-corrected chi connectivity index (χ4v) is 4.22. The zero-order valence-electron chi connectivity index (χ0n) is 17.9. The van der Waals surface area contributed by atoms with Crippen LogP contribution in [-0.2, 0) is 11.3 Å². The number of hydrogen-bond donors (Lipinski definition) is 2. The lowest BCUT2D eigenvalue weighted by Crippen LogP contribution is -2.50. The molecule has 2 aliphatic rings. The van der Waals surface area contributed by atoms with Gasteiger partial charge < -0.3 is 15.5 Å². The summed E-state index contributed by atoms with van der Waals surface area (Å²) >= 11 is 0. The summed E-state index contributed by atoms with van der Waals surface area (Å²) in [7, 11) is 0. The minimum Gasteiger partial charge on any atom is -0.356 e. The quantitative estimate of drug-likeness (QED) is 0.727. The van der Waals surface area contributed by atoms with Crippen LogP contribution in [0.25, 0.3) is 0 Å². The summed E-state index contributed by atoms with van der Waals surface area (Å²) in [5.74, 6) is 0.172. The normalized spacial score (nSPS) is 20.9. The average molecular weight is 424 g/mol. The van der Waals surface area contributed by atoms with Crippen molar-refractivity contribution in [3.05, 3.63) is 71.0 Å². The number of piperidine rings is 1. The summed E-state index contributed by atoms with van der Waals surface area (Å²) in [5.41, 5.74) is 2.48. The molecule has 2 fully saturated rings. The molecule has 0 spiro atoms. The molecule has 2 aromatic carbocycles. The van der Waals surface area contributed by atoms with Crippen LogP contribution in [0, 0.1) is 24.6 Å². The molecule has 5 nitrogen and oxygen atoms in total. The molecular formula is C25H30FN3O2. The van der Waals surface area contributed by atoms with E-state index in [9.17, 15) is 14.0 Å². The largest absolute Gasteiger partial charge is 0.356 e.